The van der Waals surface area contributed by atoms with E-state index in [-0.39, 0.29) is 17.4 Å². The first kappa shape index (κ1) is 14.5. The summed E-state index contributed by atoms with van der Waals surface area (Å²) < 4.78 is 0. The molecule has 0 heterocycles. The Kier molecular flexibility index (Phi) is 6.29. The van der Waals surface area contributed by atoms with Crippen molar-refractivity contribution >= 4 is 40.7 Å². The number of carbonyl (C=O) groups is 4. The molecule has 0 bridgehead atoms. The van der Waals surface area contributed by atoms with Crippen LogP contribution in [0.15, 0.2) is 0 Å². The second-order valence-corrected chi connectivity index (χ2v) is 2.32. The average Bonchev–Trinajstić information content (AvgIpc) is 1.85. The van der Waals surface area contributed by atoms with E-state index in [0.29, 0.717) is 0 Å². The number of aliphatic carboxylic acids is 1. The van der Waals surface area contributed by atoms with Gasteiger partial charge in [0.05, 0.1) is 0 Å². The van der Waals surface area contributed by atoms with Crippen LogP contribution in [0.1, 0.15) is 13.8 Å². The fraction of sp³-hybridized carbons (Fsp3) is 0.429. The molecule has 13 heavy (non-hydrogen) atoms. The molecule has 0 spiro atoms. The maximum absolute atomic E-state index is 10.7. The van der Waals surface area contributed by atoms with E-state index in [9.17, 15) is 19.2 Å². The van der Waals surface area contributed by atoms with Crippen molar-refractivity contribution in [3.63, 3.8) is 0 Å². The molecular weight excluding hydrogens is 191 g/mol. The lowest BCUT2D eigenvalue weighted by Crippen LogP contribution is -2.33. The second-order valence-electron chi connectivity index (χ2n) is 2.32. The molecule has 0 aliphatic carbocycles. The van der Waals surface area contributed by atoms with Crippen LogP contribution in [0.2, 0.25) is 0 Å². The first-order chi connectivity index (χ1) is 5.37. The highest BCUT2D eigenvalue weighted by Gasteiger charge is 2.32. The molecule has 0 aromatic carbocycles. The van der Waals surface area contributed by atoms with Crippen LogP contribution in [0.3, 0.4) is 0 Å². The van der Waals surface area contributed by atoms with Gasteiger partial charge >= 0.3 is 5.97 Å². The summed E-state index contributed by atoms with van der Waals surface area (Å²) in [6, 6.07) is 0. The Morgan fingerprint density at radius 1 is 1.00 bits per heavy atom. The largest absolute Gasteiger partial charge is 0.475 e. The van der Waals surface area contributed by atoms with Crippen LogP contribution >= 0.6 is 0 Å². The Balaban J connectivity index is 0. The van der Waals surface area contributed by atoms with Gasteiger partial charge in [0, 0.05) is 0 Å². The predicted octanol–water partition coefficient (Wildman–Crippen LogP) is -1.75. The highest BCUT2D eigenvalue weighted by atomic mass is 27.0. The zero-order valence-corrected chi connectivity index (χ0v) is 6.66. The standard InChI is InChI=1S/C7H8O5.Al.3H/c1-3(8)5(4(2)9)6(10)7(11)12;;;;/h5H,1-2H3,(H,11,12);;;;. The van der Waals surface area contributed by atoms with Crippen LogP contribution in [0.4, 0.5) is 0 Å². The van der Waals surface area contributed by atoms with Gasteiger partial charge in [0.1, 0.15) is 17.5 Å². The molecule has 0 rings (SSSR count). The van der Waals surface area contributed by atoms with Gasteiger partial charge in [-0.3, -0.25) is 14.4 Å². The van der Waals surface area contributed by atoms with E-state index < -0.39 is 29.2 Å². The van der Waals surface area contributed by atoms with E-state index in [2.05, 4.69) is 0 Å². The third kappa shape index (κ3) is 3.97. The van der Waals surface area contributed by atoms with Crippen molar-refractivity contribution in [2.75, 3.05) is 0 Å². The molecule has 0 saturated heterocycles. The SMILES string of the molecule is CC(=O)C(C(C)=O)C(=O)C(=O)O.[AlH3]. The van der Waals surface area contributed by atoms with Crippen LogP contribution in [0, 0.1) is 5.92 Å². The van der Waals surface area contributed by atoms with Crippen LogP contribution in [-0.4, -0.2) is 45.8 Å². The predicted molar refractivity (Wildman–Crippen MR) is 47.4 cm³/mol. The number of Topliss-reactive ketones (excluding diaryl/α,β-unsaturated/α-hetero) is 3. The molecule has 0 unspecified atom stereocenters. The van der Waals surface area contributed by atoms with Crippen molar-refractivity contribution in [1.82, 2.24) is 0 Å². The Bertz CT molecular complexity index is 244. The summed E-state index contributed by atoms with van der Waals surface area (Å²) >= 11 is 0. The van der Waals surface area contributed by atoms with Gasteiger partial charge in [-0.05, 0) is 13.8 Å². The molecule has 0 amide bonds. The minimum absolute atomic E-state index is 0. The summed E-state index contributed by atoms with van der Waals surface area (Å²) in [5, 5.41) is 8.20. The fourth-order valence-corrected chi connectivity index (χ4v) is 0.779. The van der Waals surface area contributed by atoms with Crippen molar-refractivity contribution in [3.8, 4) is 0 Å². The molecule has 0 aliphatic heterocycles. The Morgan fingerprint density at radius 3 is 1.38 bits per heavy atom. The van der Waals surface area contributed by atoms with E-state index >= 15 is 0 Å². The number of hydrogen-bond acceptors (Lipinski definition) is 4. The quantitative estimate of drug-likeness (QED) is 0.332. The van der Waals surface area contributed by atoms with E-state index in [1.54, 1.807) is 0 Å². The first-order valence-electron chi connectivity index (χ1n) is 3.16. The molecule has 72 valence electrons. The van der Waals surface area contributed by atoms with Gasteiger partial charge in [0.15, 0.2) is 17.4 Å². The van der Waals surface area contributed by atoms with E-state index in [0.717, 1.165) is 13.8 Å². The summed E-state index contributed by atoms with van der Waals surface area (Å²) in [6.07, 6.45) is 0. The maximum Gasteiger partial charge on any atom is 0.373 e. The van der Waals surface area contributed by atoms with E-state index in [1.807, 2.05) is 0 Å². The van der Waals surface area contributed by atoms with Gasteiger partial charge in [-0.1, -0.05) is 0 Å². The molecule has 0 fully saturated rings. The fourth-order valence-electron chi connectivity index (χ4n) is 0.779. The van der Waals surface area contributed by atoms with Crippen molar-refractivity contribution in [2.45, 2.75) is 13.8 Å². The van der Waals surface area contributed by atoms with Crippen molar-refractivity contribution < 1.29 is 24.3 Å². The Labute approximate surface area is 85.2 Å². The second kappa shape index (κ2) is 5.62. The highest BCUT2D eigenvalue weighted by Crippen LogP contribution is 2.02. The minimum atomic E-state index is -1.76. The molecule has 1 N–H and O–H groups in total. The van der Waals surface area contributed by atoms with Gasteiger partial charge in [-0.25, -0.2) is 4.79 Å². The number of carboxylic acid groups (broad SMARTS) is 1. The summed E-state index contributed by atoms with van der Waals surface area (Å²) in [7, 11) is 0. The third-order valence-electron chi connectivity index (χ3n) is 1.29. The van der Waals surface area contributed by atoms with Crippen LogP contribution < -0.4 is 0 Å². The molecule has 0 saturated carbocycles. The zero-order valence-electron chi connectivity index (χ0n) is 6.66. The van der Waals surface area contributed by atoms with E-state index in [1.165, 1.54) is 0 Å². The lowest BCUT2D eigenvalue weighted by atomic mass is 9.96. The van der Waals surface area contributed by atoms with Crippen LogP contribution in [0.25, 0.3) is 0 Å². The first-order valence-corrected chi connectivity index (χ1v) is 3.16. The van der Waals surface area contributed by atoms with E-state index in [4.69, 9.17) is 5.11 Å². The molecule has 0 aromatic rings. The summed E-state index contributed by atoms with van der Waals surface area (Å²) in [6.45, 7) is 2.01. The van der Waals surface area contributed by atoms with Gasteiger partial charge < -0.3 is 5.11 Å². The zero-order chi connectivity index (χ0) is 9.89. The lowest BCUT2D eigenvalue weighted by Gasteiger charge is -2.03. The van der Waals surface area contributed by atoms with Gasteiger partial charge in [-0.15, -0.1) is 0 Å². The van der Waals surface area contributed by atoms with Crippen molar-refractivity contribution in [2.24, 2.45) is 5.92 Å². The third-order valence-corrected chi connectivity index (χ3v) is 1.29. The molecule has 0 atom stereocenters. The molecular formula is C7H11AlO5. The Hall–Kier alpha value is -0.988. The maximum atomic E-state index is 10.7. The minimum Gasteiger partial charge on any atom is -0.475 e. The number of hydrogen-bond donors (Lipinski definition) is 1. The topological polar surface area (TPSA) is 88.5 Å². The van der Waals surface area contributed by atoms with Crippen LogP contribution in [-0.2, 0) is 19.2 Å². The van der Waals surface area contributed by atoms with Gasteiger partial charge in [0.25, 0.3) is 5.78 Å². The number of rotatable bonds is 4. The smallest absolute Gasteiger partial charge is 0.373 e. The molecule has 5 nitrogen and oxygen atoms in total. The average molecular weight is 202 g/mol. The van der Waals surface area contributed by atoms with Gasteiger partial charge in [0.2, 0.25) is 0 Å². The van der Waals surface area contributed by atoms with Crippen molar-refractivity contribution in [3.05, 3.63) is 0 Å². The summed E-state index contributed by atoms with van der Waals surface area (Å²) in [4.78, 5) is 42.0. The lowest BCUT2D eigenvalue weighted by molar-refractivity contribution is -0.154. The monoisotopic (exact) mass is 202 g/mol. The van der Waals surface area contributed by atoms with Crippen molar-refractivity contribution in [1.29, 1.82) is 0 Å². The number of carbonyl (C=O) groups excluding carboxylic acids is 3. The normalized spacial score (nSPS) is 8.85. The van der Waals surface area contributed by atoms with Crippen LogP contribution in [0.5, 0.6) is 0 Å². The molecule has 6 heteroatoms. The molecule has 0 radical (unpaired) electrons. The number of ketones is 3. The number of carboxylic acids is 1. The van der Waals surface area contributed by atoms with Gasteiger partial charge in [-0.2, -0.15) is 0 Å². The summed E-state index contributed by atoms with van der Waals surface area (Å²) in [5.41, 5.74) is 0. The molecule has 0 aliphatic rings. The summed E-state index contributed by atoms with van der Waals surface area (Å²) in [5.74, 6) is -6.24. The molecule has 0 aromatic heterocycles. The highest BCUT2D eigenvalue weighted by molar-refractivity contribution is 6.42. The Morgan fingerprint density at radius 2 is 1.31 bits per heavy atom.